The highest BCUT2D eigenvalue weighted by Gasteiger charge is 2.13. The molecular weight excluding hydrogens is 314 g/mol. The number of benzene rings is 1. The van der Waals surface area contributed by atoms with Gasteiger partial charge in [-0.15, -0.1) is 0 Å². The molecule has 1 heterocycles. The Morgan fingerprint density at radius 2 is 2.17 bits per heavy atom. The van der Waals surface area contributed by atoms with Gasteiger partial charge in [-0.3, -0.25) is 0 Å². The Labute approximate surface area is 120 Å². The summed E-state index contributed by atoms with van der Waals surface area (Å²) in [6.45, 7) is 4.94. The number of aromatic nitrogens is 2. The van der Waals surface area contributed by atoms with E-state index in [1.807, 2.05) is 6.07 Å². The Hall–Kier alpha value is -1.13. The fraction of sp³-hybridized carbons (Fsp3) is 0.231. The van der Waals surface area contributed by atoms with Crippen molar-refractivity contribution in [3.8, 4) is 0 Å². The molecule has 0 amide bonds. The second-order valence-electron chi connectivity index (χ2n) is 3.89. The van der Waals surface area contributed by atoms with Crippen LogP contribution in [0.1, 0.15) is 12.5 Å². The summed E-state index contributed by atoms with van der Waals surface area (Å²) in [7, 11) is 0. The van der Waals surface area contributed by atoms with E-state index in [4.69, 9.17) is 11.6 Å². The summed E-state index contributed by atoms with van der Waals surface area (Å²) in [6, 6.07) is 8.27. The van der Waals surface area contributed by atoms with Crippen LogP contribution in [0.15, 0.2) is 34.9 Å². The average molecular weight is 327 g/mol. The molecule has 18 heavy (non-hydrogen) atoms. The van der Waals surface area contributed by atoms with Crippen LogP contribution in [0, 0.1) is 6.92 Å². The molecule has 0 unspecified atom stereocenters. The van der Waals surface area contributed by atoms with Gasteiger partial charge in [-0.1, -0.05) is 12.1 Å². The molecule has 1 aromatic carbocycles. The van der Waals surface area contributed by atoms with Gasteiger partial charge in [0.25, 0.3) is 0 Å². The van der Waals surface area contributed by atoms with E-state index in [-0.39, 0.29) is 5.28 Å². The van der Waals surface area contributed by atoms with Crippen molar-refractivity contribution >= 4 is 39.0 Å². The number of halogens is 2. The van der Waals surface area contributed by atoms with E-state index in [2.05, 4.69) is 62.8 Å². The van der Waals surface area contributed by atoms with Gasteiger partial charge in [0.15, 0.2) is 5.82 Å². The van der Waals surface area contributed by atoms with Gasteiger partial charge in [-0.2, -0.15) is 4.98 Å². The van der Waals surface area contributed by atoms with E-state index in [1.165, 1.54) is 5.56 Å². The first-order chi connectivity index (χ1) is 8.61. The van der Waals surface area contributed by atoms with Crippen LogP contribution in [0.5, 0.6) is 0 Å². The molecule has 94 valence electrons. The highest BCUT2D eigenvalue weighted by molar-refractivity contribution is 9.10. The number of aryl methyl sites for hydroxylation is 1. The predicted octanol–water partition coefficient (Wildman–Crippen LogP) is 4.36. The predicted molar refractivity (Wildman–Crippen MR) is 78.6 cm³/mol. The normalized spacial score (nSPS) is 10.4. The van der Waals surface area contributed by atoms with E-state index in [0.29, 0.717) is 0 Å². The minimum atomic E-state index is 0.249. The first-order valence-electron chi connectivity index (χ1n) is 5.64. The summed E-state index contributed by atoms with van der Waals surface area (Å²) in [5.74, 6) is 0.781. The first-order valence-corrected chi connectivity index (χ1v) is 6.81. The molecule has 0 atom stereocenters. The monoisotopic (exact) mass is 325 g/mol. The van der Waals surface area contributed by atoms with E-state index < -0.39 is 0 Å². The number of rotatable bonds is 3. The van der Waals surface area contributed by atoms with Crippen molar-refractivity contribution in [2.45, 2.75) is 13.8 Å². The van der Waals surface area contributed by atoms with Crippen LogP contribution in [-0.2, 0) is 0 Å². The molecule has 0 radical (unpaired) electrons. The van der Waals surface area contributed by atoms with Crippen molar-refractivity contribution in [2.24, 2.45) is 0 Å². The summed E-state index contributed by atoms with van der Waals surface area (Å²) in [5.41, 5.74) is 2.30. The minimum absolute atomic E-state index is 0.249. The molecular formula is C13H13BrClN3. The SMILES string of the molecule is CCN(c1cccc(C)c1)c1nc(Cl)ncc1Br. The third kappa shape index (κ3) is 2.82. The van der Waals surface area contributed by atoms with Crippen LogP contribution < -0.4 is 4.90 Å². The molecule has 0 fully saturated rings. The lowest BCUT2D eigenvalue weighted by molar-refractivity contribution is 0.968. The molecule has 1 aromatic heterocycles. The van der Waals surface area contributed by atoms with Crippen molar-refractivity contribution in [1.29, 1.82) is 0 Å². The van der Waals surface area contributed by atoms with Gasteiger partial charge in [0.1, 0.15) is 0 Å². The summed E-state index contributed by atoms with van der Waals surface area (Å²) >= 11 is 9.33. The average Bonchev–Trinajstić information content (AvgIpc) is 2.35. The van der Waals surface area contributed by atoms with Crippen LogP contribution >= 0.6 is 27.5 Å². The maximum absolute atomic E-state index is 5.87. The van der Waals surface area contributed by atoms with Crippen molar-refractivity contribution in [1.82, 2.24) is 9.97 Å². The largest absolute Gasteiger partial charge is 0.326 e. The molecule has 2 rings (SSSR count). The van der Waals surface area contributed by atoms with E-state index >= 15 is 0 Å². The van der Waals surface area contributed by atoms with Crippen molar-refractivity contribution in [3.05, 3.63) is 45.8 Å². The van der Waals surface area contributed by atoms with Crippen molar-refractivity contribution in [2.75, 3.05) is 11.4 Å². The standard InChI is InChI=1S/C13H13BrClN3/c1-3-18(10-6-4-5-9(2)7-10)12-11(14)8-16-13(15)17-12/h4-8H,3H2,1-2H3. The quantitative estimate of drug-likeness (QED) is 0.785. The molecule has 0 aliphatic rings. The van der Waals surface area contributed by atoms with Crippen molar-refractivity contribution in [3.63, 3.8) is 0 Å². The molecule has 3 nitrogen and oxygen atoms in total. The molecule has 0 saturated heterocycles. The highest BCUT2D eigenvalue weighted by Crippen LogP contribution is 2.30. The van der Waals surface area contributed by atoms with Crippen LogP contribution in [0.2, 0.25) is 5.28 Å². The second kappa shape index (κ2) is 5.67. The van der Waals surface area contributed by atoms with E-state index in [9.17, 15) is 0 Å². The Bertz CT molecular complexity index is 560. The maximum atomic E-state index is 5.87. The molecule has 0 aliphatic carbocycles. The Kier molecular flexibility index (Phi) is 4.19. The van der Waals surface area contributed by atoms with Gasteiger partial charge in [-0.25, -0.2) is 4.98 Å². The van der Waals surface area contributed by atoms with Crippen LogP contribution in [-0.4, -0.2) is 16.5 Å². The molecule has 0 N–H and O–H groups in total. The third-order valence-corrected chi connectivity index (χ3v) is 3.32. The molecule has 2 aromatic rings. The minimum Gasteiger partial charge on any atom is -0.326 e. The van der Waals surface area contributed by atoms with Gasteiger partial charge in [0.2, 0.25) is 5.28 Å². The topological polar surface area (TPSA) is 29.0 Å². The highest BCUT2D eigenvalue weighted by atomic mass is 79.9. The summed E-state index contributed by atoms with van der Waals surface area (Å²) in [4.78, 5) is 10.3. The Morgan fingerprint density at radius 3 is 2.83 bits per heavy atom. The van der Waals surface area contributed by atoms with Gasteiger partial charge >= 0.3 is 0 Å². The molecule has 0 spiro atoms. The number of anilines is 2. The summed E-state index contributed by atoms with van der Waals surface area (Å²) in [6.07, 6.45) is 1.67. The third-order valence-electron chi connectivity index (χ3n) is 2.58. The number of nitrogens with zero attached hydrogens (tertiary/aromatic N) is 3. The first kappa shape index (κ1) is 13.3. The summed E-state index contributed by atoms with van der Waals surface area (Å²) in [5, 5.41) is 0.249. The molecule has 0 saturated carbocycles. The van der Waals surface area contributed by atoms with E-state index in [1.54, 1.807) is 6.20 Å². The molecule has 0 aliphatic heterocycles. The van der Waals surface area contributed by atoms with Crippen molar-refractivity contribution < 1.29 is 0 Å². The van der Waals surface area contributed by atoms with Gasteiger partial charge in [0.05, 0.1) is 4.47 Å². The Morgan fingerprint density at radius 1 is 1.39 bits per heavy atom. The van der Waals surface area contributed by atoms with Crippen LogP contribution in [0.3, 0.4) is 0 Å². The lowest BCUT2D eigenvalue weighted by atomic mass is 10.2. The lowest BCUT2D eigenvalue weighted by Crippen LogP contribution is -2.18. The van der Waals surface area contributed by atoms with Crippen LogP contribution in [0.25, 0.3) is 0 Å². The lowest BCUT2D eigenvalue weighted by Gasteiger charge is -2.23. The van der Waals surface area contributed by atoms with Crippen LogP contribution in [0.4, 0.5) is 11.5 Å². The van der Waals surface area contributed by atoms with Gasteiger partial charge < -0.3 is 4.90 Å². The molecule has 0 bridgehead atoms. The number of hydrogen-bond donors (Lipinski definition) is 0. The Balaban J connectivity index is 2.48. The smallest absolute Gasteiger partial charge is 0.224 e. The van der Waals surface area contributed by atoms with Gasteiger partial charge in [0, 0.05) is 18.4 Å². The van der Waals surface area contributed by atoms with E-state index in [0.717, 1.165) is 22.5 Å². The zero-order valence-corrected chi connectivity index (χ0v) is 12.5. The fourth-order valence-corrected chi connectivity index (χ4v) is 2.31. The maximum Gasteiger partial charge on any atom is 0.224 e. The number of hydrogen-bond acceptors (Lipinski definition) is 3. The molecule has 5 heteroatoms. The van der Waals surface area contributed by atoms with Gasteiger partial charge in [-0.05, 0) is 59.1 Å². The fourth-order valence-electron chi connectivity index (χ4n) is 1.78. The zero-order chi connectivity index (χ0) is 13.1. The summed E-state index contributed by atoms with van der Waals surface area (Å²) < 4.78 is 0.829. The second-order valence-corrected chi connectivity index (χ2v) is 5.09. The zero-order valence-electron chi connectivity index (χ0n) is 10.2.